The maximum atomic E-state index is 12.8. The number of carbonyl (C=O) groups is 1. The molecule has 3 fully saturated rings. The van der Waals surface area contributed by atoms with Gasteiger partial charge in [-0.05, 0) is 65.5 Å². The zero-order valence-electron chi connectivity index (χ0n) is 16.7. The molecule has 1 aromatic heterocycles. The normalized spacial score (nSPS) is 27.3. The van der Waals surface area contributed by atoms with Crippen molar-refractivity contribution in [3.63, 3.8) is 0 Å². The molecule has 1 N–H and O–H groups in total. The Hall–Kier alpha value is -1.47. The SMILES string of the molecule is CN(C)Cc1nnc(C2CCN(C(=O)C3CCC(O)CC3)CC2)n1C1CC1. The maximum absolute atomic E-state index is 12.8. The first kappa shape index (κ1) is 18.9. The van der Waals surface area contributed by atoms with Gasteiger partial charge in [0.1, 0.15) is 11.6 Å². The molecular formula is C20H33N5O2. The molecule has 2 saturated carbocycles. The lowest BCUT2D eigenvalue weighted by Crippen LogP contribution is -2.42. The summed E-state index contributed by atoms with van der Waals surface area (Å²) in [5, 5.41) is 18.7. The highest BCUT2D eigenvalue weighted by Gasteiger charge is 2.35. The molecule has 1 aromatic rings. The summed E-state index contributed by atoms with van der Waals surface area (Å²) >= 11 is 0. The Morgan fingerprint density at radius 3 is 2.30 bits per heavy atom. The average molecular weight is 376 g/mol. The predicted molar refractivity (Wildman–Crippen MR) is 102 cm³/mol. The Labute approximate surface area is 161 Å². The van der Waals surface area contributed by atoms with Gasteiger partial charge in [0, 0.05) is 31.0 Å². The zero-order chi connectivity index (χ0) is 19.0. The molecule has 1 saturated heterocycles. The van der Waals surface area contributed by atoms with Crippen LogP contribution >= 0.6 is 0 Å². The highest BCUT2D eigenvalue weighted by molar-refractivity contribution is 5.79. The minimum Gasteiger partial charge on any atom is -0.393 e. The summed E-state index contributed by atoms with van der Waals surface area (Å²) in [7, 11) is 4.14. The third-order valence-corrected chi connectivity index (χ3v) is 6.38. The molecule has 2 aliphatic carbocycles. The first-order valence-electron chi connectivity index (χ1n) is 10.6. The Morgan fingerprint density at radius 2 is 1.70 bits per heavy atom. The van der Waals surface area contributed by atoms with Crippen molar-refractivity contribution in [1.29, 1.82) is 0 Å². The quantitative estimate of drug-likeness (QED) is 0.851. The van der Waals surface area contributed by atoms with Crippen molar-refractivity contribution in [3.8, 4) is 0 Å². The number of aromatic nitrogens is 3. The van der Waals surface area contributed by atoms with Crippen molar-refractivity contribution >= 4 is 5.91 Å². The van der Waals surface area contributed by atoms with Crippen LogP contribution in [-0.2, 0) is 11.3 Å². The van der Waals surface area contributed by atoms with Crippen molar-refractivity contribution < 1.29 is 9.90 Å². The summed E-state index contributed by atoms with van der Waals surface area (Å²) in [6.07, 6.45) is 7.44. The molecule has 3 aliphatic rings. The van der Waals surface area contributed by atoms with Crippen molar-refractivity contribution in [2.24, 2.45) is 5.92 Å². The fraction of sp³-hybridized carbons (Fsp3) is 0.850. The summed E-state index contributed by atoms with van der Waals surface area (Å²) < 4.78 is 2.39. The number of amides is 1. The van der Waals surface area contributed by atoms with Gasteiger partial charge in [0.25, 0.3) is 0 Å². The van der Waals surface area contributed by atoms with Crippen LogP contribution in [0.1, 0.15) is 75.0 Å². The number of likely N-dealkylation sites (tertiary alicyclic amines) is 1. The number of hydrogen-bond acceptors (Lipinski definition) is 5. The first-order valence-corrected chi connectivity index (χ1v) is 10.6. The van der Waals surface area contributed by atoms with Crippen LogP contribution in [0, 0.1) is 5.92 Å². The second kappa shape index (κ2) is 7.87. The fourth-order valence-electron chi connectivity index (χ4n) is 4.68. The van der Waals surface area contributed by atoms with Crippen LogP contribution < -0.4 is 0 Å². The third kappa shape index (κ3) is 4.19. The van der Waals surface area contributed by atoms with Gasteiger partial charge in [-0.3, -0.25) is 4.79 Å². The number of aliphatic hydroxyl groups excluding tert-OH is 1. The minimum absolute atomic E-state index is 0.117. The van der Waals surface area contributed by atoms with E-state index in [4.69, 9.17) is 0 Å². The predicted octanol–water partition coefficient (Wildman–Crippen LogP) is 1.93. The fourth-order valence-corrected chi connectivity index (χ4v) is 4.68. The Balaban J connectivity index is 1.38. The molecule has 4 rings (SSSR count). The third-order valence-electron chi connectivity index (χ3n) is 6.38. The topological polar surface area (TPSA) is 74.5 Å². The molecule has 7 heteroatoms. The van der Waals surface area contributed by atoms with E-state index in [1.807, 2.05) is 0 Å². The van der Waals surface area contributed by atoms with Gasteiger partial charge in [0.05, 0.1) is 12.6 Å². The molecule has 1 amide bonds. The molecule has 0 radical (unpaired) electrons. The molecule has 2 heterocycles. The van der Waals surface area contributed by atoms with Crippen LogP contribution in [-0.4, -0.2) is 68.9 Å². The molecule has 150 valence electrons. The minimum atomic E-state index is -0.204. The van der Waals surface area contributed by atoms with E-state index in [-0.39, 0.29) is 12.0 Å². The Kier molecular flexibility index (Phi) is 5.50. The number of piperidine rings is 1. The highest BCUT2D eigenvalue weighted by Crippen LogP contribution is 2.40. The van der Waals surface area contributed by atoms with Gasteiger partial charge in [-0.1, -0.05) is 0 Å². The Bertz CT molecular complexity index is 653. The summed E-state index contributed by atoms with van der Waals surface area (Å²) in [4.78, 5) is 17.0. The van der Waals surface area contributed by atoms with Gasteiger partial charge in [0.2, 0.25) is 5.91 Å². The van der Waals surface area contributed by atoms with E-state index in [2.05, 4.69) is 38.7 Å². The van der Waals surface area contributed by atoms with Crippen LogP contribution in [0.5, 0.6) is 0 Å². The van der Waals surface area contributed by atoms with E-state index in [0.717, 1.165) is 69.8 Å². The second-order valence-electron chi connectivity index (χ2n) is 8.92. The van der Waals surface area contributed by atoms with Crippen molar-refractivity contribution in [2.45, 2.75) is 76.0 Å². The van der Waals surface area contributed by atoms with Gasteiger partial charge in [-0.2, -0.15) is 0 Å². The number of rotatable bonds is 5. The van der Waals surface area contributed by atoms with Crippen molar-refractivity contribution in [2.75, 3.05) is 27.2 Å². The summed E-state index contributed by atoms with van der Waals surface area (Å²) in [6.45, 7) is 2.47. The van der Waals surface area contributed by atoms with E-state index < -0.39 is 0 Å². The maximum Gasteiger partial charge on any atom is 0.225 e. The molecule has 0 unspecified atom stereocenters. The molecule has 7 nitrogen and oxygen atoms in total. The molecular weight excluding hydrogens is 342 g/mol. The van der Waals surface area contributed by atoms with E-state index in [9.17, 15) is 9.90 Å². The molecule has 0 bridgehead atoms. The van der Waals surface area contributed by atoms with Crippen LogP contribution in [0.2, 0.25) is 0 Å². The summed E-state index contributed by atoms with van der Waals surface area (Å²) in [5.41, 5.74) is 0. The Morgan fingerprint density at radius 1 is 1.04 bits per heavy atom. The lowest BCUT2D eigenvalue weighted by Gasteiger charge is -2.35. The number of carbonyl (C=O) groups excluding carboxylic acids is 1. The molecule has 0 atom stereocenters. The number of hydrogen-bond donors (Lipinski definition) is 1. The molecule has 0 aromatic carbocycles. The lowest BCUT2D eigenvalue weighted by molar-refractivity contribution is -0.138. The zero-order valence-corrected chi connectivity index (χ0v) is 16.7. The van der Waals surface area contributed by atoms with E-state index >= 15 is 0 Å². The van der Waals surface area contributed by atoms with Crippen LogP contribution in [0.3, 0.4) is 0 Å². The van der Waals surface area contributed by atoms with Crippen LogP contribution in [0.25, 0.3) is 0 Å². The monoisotopic (exact) mass is 375 g/mol. The van der Waals surface area contributed by atoms with Crippen molar-refractivity contribution in [3.05, 3.63) is 11.6 Å². The van der Waals surface area contributed by atoms with Gasteiger partial charge < -0.3 is 19.5 Å². The van der Waals surface area contributed by atoms with Crippen molar-refractivity contribution in [1.82, 2.24) is 24.6 Å². The van der Waals surface area contributed by atoms with Crippen LogP contribution in [0.15, 0.2) is 0 Å². The second-order valence-corrected chi connectivity index (χ2v) is 8.92. The summed E-state index contributed by atoms with van der Waals surface area (Å²) in [6, 6.07) is 0.582. The van der Waals surface area contributed by atoms with Gasteiger partial charge in [-0.15, -0.1) is 10.2 Å². The largest absolute Gasteiger partial charge is 0.393 e. The summed E-state index contributed by atoms with van der Waals surface area (Å²) in [5.74, 6) is 3.05. The van der Waals surface area contributed by atoms with E-state index in [0.29, 0.717) is 17.9 Å². The number of nitrogens with zero attached hydrogens (tertiary/aromatic N) is 5. The van der Waals surface area contributed by atoms with Gasteiger partial charge >= 0.3 is 0 Å². The molecule has 27 heavy (non-hydrogen) atoms. The smallest absolute Gasteiger partial charge is 0.225 e. The van der Waals surface area contributed by atoms with Gasteiger partial charge in [0.15, 0.2) is 0 Å². The van der Waals surface area contributed by atoms with E-state index in [1.54, 1.807) is 0 Å². The van der Waals surface area contributed by atoms with Crippen LogP contribution in [0.4, 0.5) is 0 Å². The molecule has 0 spiro atoms. The van der Waals surface area contributed by atoms with E-state index in [1.165, 1.54) is 12.8 Å². The number of aliphatic hydroxyl groups is 1. The highest BCUT2D eigenvalue weighted by atomic mass is 16.3. The first-order chi connectivity index (χ1) is 13.0. The van der Waals surface area contributed by atoms with Gasteiger partial charge in [-0.25, -0.2) is 0 Å². The molecule has 1 aliphatic heterocycles. The average Bonchev–Trinajstić information content (AvgIpc) is 3.42. The standard InChI is InChI=1S/C20H33N5O2/c1-23(2)13-18-21-22-19(25(18)16-5-6-16)14-9-11-24(12-10-14)20(27)15-3-7-17(26)8-4-15/h14-17,26H,3-13H2,1-2H3. The lowest BCUT2D eigenvalue weighted by atomic mass is 9.85.